The van der Waals surface area contributed by atoms with Gasteiger partial charge < -0.3 is 10.6 Å². The molecule has 2 aliphatic rings. The van der Waals surface area contributed by atoms with Crippen molar-refractivity contribution in [2.45, 2.75) is 36.6 Å². The number of hydrogen-bond acceptors (Lipinski definition) is 4. The first-order chi connectivity index (χ1) is 13.8. The van der Waals surface area contributed by atoms with Gasteiger partial charge in [-0.25, -0.2) is 8.42 Å². The molecule has 4 rings (SSSR count). The third-order valence-corrected chi connectivity index (χ3v) is 8.14. The molecule has 0 atom stereocenters. The Kier molecular flexibility index (Phi) is 5.84. The van der Waals surface area contributed by atoms with Crippen LogP contribution in [-0.4, -0.2) is 55.8 Å². The number of fused-ring (bicyclic) bond motifs is 1. The summed E-state index contributed by atoms with van der Waals surface area (Å²) in [5.74, 6) is 0.344. The van der Waals surface area contributed by atoms with Crippen LogP contribution in [0.25, 0.3) is 10.8 Å². The minimum Gasteiger partial charge on any atom is -0.340 e. The van der Waals surface area contributed by atoms with Crippen molar-refractivity contribution in [3.63, 3.8) is 0 Å². The van der Waals surface area contributed by atoms with E-state index in [2.05, 4.69) is 0 Å². The lowest BCUT2D eigenvalue weighted by molar-refractivity contribution is -0.134. The molecule has 2 fully saturated rings. The van der Waals surface area contributed by atoms with Crippen LogP contribution in [0.3, 0.4) is 0 Å². The molecule has 1 saturated carbocycles. The highest BCUT2D eigenvalue weighted by Gasteiger charge is 2.34. The molecule has 1 amide bonds. The SMILES string of the molecule is NC1CCC(CN2CCN(S(=O)(=O)c3ccc4cc(Cl)ccc4c3)CC2=O)CC1. The van der Waals surface area contributed by atoms with Gasteiger partial charge in [-0.2, -0.15) is 4.31 Å². The maximum atomic E-state index is 13.1. The molecule has 2 N–H and O–H groups in total. The summed E-state index contributed by atoms with van der Waals surface area (Å²) in [7, 11) is -3.72. The fraction of sp³-hybridized carbons (Fsp3) is 0.476. The molecule has 0 unspecified atom stereocenters. The van der Waals surface area contributed by atoms with Gasteiger partial charge in [-0.15, -0.1) is 0 Å². The van der Waals surface area contributed by atoms with Crippen LogP contribution in [0.5, 0.6) is 0 Å². The molecule has 0 bridgehead atoms. The number of hydrogen-bond donors (Lipinski definition) is 1. The van der Waals surface area contributed by atoms with Gasteiger partial charge in [0.15, 0.2) is 0 Å². The molecule has 156 valence electrons. The largest absolute Gasteiger partial charge is 0.340 e. The first-order valence-electron chi connectivity index (χ1n) is 10.1. The fourth-order valence-corrected chi connectivity index (χ4v) is 5.87. The molecule has 1 heterocycles. The maximum Gasteiger partial charge on any atom is 0.243 e. The van der Waals surface area contributed by atoms with E-state index in [1.807, 2.05) is 4.90 Å². The molecule has 1 aliphatic heterocycles. The molecule has 0 radical (unpaired) electrons. The van der Waals surface area contributed by atoms with Crippen molar-refractivity contribution in [3.05, 3.63) is 41.4 Å². The monoisotopic (exact) mass is 435 g/mol. The summed E-state index contributed by atoms with van der Waals surface area (Å²) in [6.07, 6.45) is 4.07. The Bertz CT molecular complexity index is 1020. The van der Waals surface area contributed by atoms with Crippen LogP contribution in [0.4, 0.5) is 0 Å². The van der Waals surface area contributed by atoms with Crippen molar-refractivity contribution in [2.24, 2.45) is 11.7 Å². The molecule has 2 aromatic rings. The summed E-state index contributed by atoms with van der Waals surface area (Å²) in [5, 5.41) is 2.29. The highest BCUT2D eigenvalue weighted by molar-refractivity contribution is 7.89. The van der Waals surface area contributed by atoms with Crippen LogP contribution in [0.2, 0.25) is 5.02 Å². The molecule has 6 nitrogen and oxygen atoms in total. The Balaban J connectivity index is 1.45. The third kappa shape index (κ3) is 4.43. The zero-order valence-corrected chi connectivity index (χ0v) is 17.8. The van der Waals surface area contributed by atoms with Crippen molar-refractivity contribution in [2.75, 3.05) is 26.2 Å². The Morgan fingerprint density at radius 1 is 1.00 bits per heavy atom. The van der Waals surface area contributed by atoms with E-state index in [9.17, 15) is 13.2 Å². The van der Waals surface area contributed by atoms with Crippen LogP contribution in [0.1, 0.15) is 25.7 Å². The van der Waals surface area contributed by atoms with Crippen LogP contribution < -0.4 is 5.73 Å². The van der Waals surface area contributed by atoms with Gasteiger partial charge in [0, 0.05) is 30.7 Å². The number of sulfonamides is 1. The van der Waals surface area contributed by atoms with E-state index in [0.29, 0.717) is 30.6 Å². The van der Waals surface area contributed by atoms with Gasteiger partial charge in [0.25, 0.3) is 0 Å². The predicted octanol–water partition coefficient (Wildman–Crippen LogP) is 2.84. The summed E-state index contributed by atoms with van der Waals surface area (Å²) >= 11 is 6.00. The van der Waals surface area contributed by atoms with E-state index >= 15 is 0 Å². The average molecular weight is 436 g/mol. The van der Waals surface area contributed by atoms with E-state index < -0.39 is 10.0 Å². The van der Waals surface area contributed by atoms with Gasteiger partial charge in [0.1, 0.15) is 0 Å². The highest BCUT2D eigenvalue weighted by Crippen LogP contribution is 2.27. The number of nitrogens with two attached hydrogens (primary N) is 1. The lowest BCUT2D eigenvalue weighted by atomic mass is 9.86. The zero-order valence-electron chi connectivity index (χ0n) is 16.3. The third-order valence-electron chi connectivity index (χ3n) is 6.07. The Labute approximate surface area is 176 Å². The second-order valence-corrected chi connectivity index (χ2v) is 10.5. The van der Waals surface area contributed by atoms with Crippen LogP contribution >= 0.6 is 11.6 Å². The zero-order chi connectivity index (χ0) is 20.6. The number of carbonyl (C=O) groups excluding carboxylic acids is 1. The number of amides is 1. The van der Waals surface area contributed by atoms with Crippen molar-refractivity contribution in [3.8, 4) is 0 Å². The lowest BCUT2D eigenvalue weighted by Crippen LogP contribution is -2.53. The number of carbonyl (C=O) groups is 1. The van der Waals surface area contributed by atoms with E-state index in [1.54, 1.807) is 36.4 Å². The van der Waals surface area contributed by atoms with Crippen LogP contribution in [-0.2, 0) is 14.8 Å². The molecule has 29 heavy (non-hydrogen) atoms. The molecule has 0 spiro atoms. The molecule has 2 aromatic carbocycles. The topological polar surface area (TPSA) is 83.7 Å². The van der Waals surface area contributed by atoms with E-state index in [1.165, 1.54) is 4.31 Å². The standard InChI is InChI=1S/C21H26ClN3O3S/c22-18-5-3-17-12-20(8-4-16(17)11-18)29(27,28)25-10-9-24(21(26)14-25)13-15-1-6-19(23)7-2-15/h3-5,8,11-12,15,19H,1-2,6-7,9-10,13-14,23H2. The Morgan fingerprint density at radius 2 is 1.69 bits per heavy atom. The second-order valence-electron chi connectivity index (χ2n) is 8.11. The quantitative estimate of drug-likeness (QED) is 0.800. The van der Waals surface area contributed by atoms with Gasteiger partial charge >= 0.3 is 0 Å². The van der Waals surface area contributed by atoms with Crippen LogP contribution in [0.15, 0.2) is 41.3 Å². The number of halogens is 1. The number of nitrogens with zero attached hydrogens (tertiary/aromatic N) is 2. The second kappa shape index (κ2) is 8.22. The minimum absolute atomic E-state index is 0.104. The molecule has 1 aliphatic carbocycles. The van der Waals surface area contributed by atoms with Gasteiger partial charge in [0.2, 0.25) is 15.9 Å². The normalized spacial score (nSPS) is 24.2. The summed E-state index contributed by atoms with van der Waals surface area (Å²) in [6.45, 7) is 1.35. The lowest BCUT2D eigenvalue weighted by Gasteiger charge is -2.37. The van der Waals surface area contributed by atoms with Crippen molar-refractivity contribution in [1.82, 2.24) is 9.21 Å². The van der Waals surface area contributed by atoms with Crippen LogP contribution in [0, 0.1) is 5.92 Å². The molecule has 0 aromatic heterocycles. The molecular formula is C21H26ClN3O3S. The first kappa shape index (κ1) is 20.6. The first-order valence-corrected chi connectivity index (χ1v) is 11.9. The fourth-order valence-electron chi connectivity index (χ4n) is 4.27. The Hall–Kier alpha value is -1.67. The smallest absolute Gasteiger partial charge is 0.243 e. The van der Waals surface area contributed by atoms with Crippen molar-refractivity contribution < 1.29 is 13.2 Å². The summed E-state index contributed by atoms with van der Waals surface area (Å²) in [4.78, 5) is 14.7. The summed E-state index contributed by atoms with van der Waals surface area (Å²) in [5.41, 5.74) is 5.96. The highest BCUT2D eigenvalue weighted by atomic mass is 35.5. The van der Waals surface area contributed by atoms with E-state index in [0.717, 1.165) is 36.5 Å². The number of piperazine rings is 1. The van der Waals surface area contributed by atoms with Gasteiger partial charge in [-0.1, -0.05) is 23.7 Å². The average Bonchev–Trinajstić information content (AvgIpc) is 2.70. The maximum absolute atomic E-state index is 13.1. The summed E-state index contributed by atoms with van der Waals surface area (Å²) in [6, 6.07) is 10.6. The summed E-state index contributed by atoms with van der Waals surface area (Å²) < 4.78 is 27.5. The molecular weight excluding hydrogens is 410 g/mol. The number of benzene rings is 2. The van der Waals surface area contributed by atoms with Gasteiger partial charge in [0.05, 0.1) is 11.4 Å². The van der Waals surface area contributed by atoms with E-state index in [-0.39, 0.29) is 23.4 Å². The molecule has 8 heteroatoms. The molecule has 1 saturated heterocycles. The minimum atomic E-state index is -3.72. The van der Waals surface area contributed by atoms with Crippen molar-refractivity contribution >= 4 is 38.3 Å². The number of rotatable bonds is 4. The van der Waals surface area contributed by atoms with Crippen molar-refractivity contribution in [1.29, 1.82) is 0 Å². The van der Waals surface area contributed by atoms with Gasteiger partial charge in [-0.05, 0) is 66.6 Å². The van der Waals surface area contributed by atoms with Gasteiger partial charge in [-0.3, -0.25) is 4.79 Å². The predicted molar refractivity (Wildman–Crippen MR) is 114 cm³/mol. The Morgan fingerprint density at radius 3 is 2.41 bits per heavy atom. The van der Waals surface area contributed by atoms with E-state index in [4.69, 9.17) is 17.3 Å².